The normalized spacial score (nSPS) is 28.0. The van der Waals surface area contributed by atoms with Gasteiger partial charge in [0, 0.05) is 57.2 Å². The fraction of sp³-hybridized carbons (Fsp3) is 0.545. The van der Waals surface area contributed by atoms with Gasteiger partial charge in [-0.1, -0.05) is 12.1 Å². The molecule has 3 aliphatic rings. The molecule has 2 aromatic rings. The van der Waals surface area contributed by atoms with Gasteiger partial charge in [0.25, 0.3) is 0 Å². The van der Waals surface area contributed by atoms with Gasteiger partial charge in [0.2, 0.25) is 5.91 Å². The van der Waals surface area contributed by atoms with Crippen LogP contribution in [-0.4, -0.2) is 64.4 Å². The number of hydrogen-bond donors (Lipinski definition) is 0. The Labute approximate surface area is 170 Å². The summed E-state index contributed by atoms with van der Waals surface area (Å²) in [6.07, 6.45) is 5.64. The molecule has 3 fully saturated rings. The van der Waals surface area contributed by atoms with Crippen molar-refractivity contribution in [2.75, 3.05) is 32.8 Å². The van der Waals surface area contributed by atoms with Crippen LogP contribution in [0.15, 0.2) is 42.7 Å². The third-order valence-electron chi connectivity index (χ3n) is 6.77. The molecule has 1 amide bonds. The van der Waals surface area contributed by atoms with Crippen LogP contribution in [0.4, 0.5) is 4.39 Å². The lowest BCUT2D eigenvalue weighted by atomic mass is 9.89. The van der Waals surface area contributed by atoms with Gasteiger partial charge in [-0.3, -0.25) is 14.4 Å². The molecule has 3 aliphatic heterocycles. The van der Waals surface area contributed by atoms with E-state index >= 15 is 0 Å². The lowest BCUT2D eigenvalue weighted by Gasteiger charge is -2.34. The molecular weight excluding hydrogens is 371 g/mol. The lowest BCUT2D eigenvalue weighted by Crippen LogP contribution is -2.42. The van der Waals surface area contributed by atoms with E-state index < -0.39 is 0 Å². The Morgan fingerprint density at radius 1 is 1.17 bits per heavy atom. The molecule has 6 nitrogen and oxygen atoms in total. The monoisotopic (exact) mass is 398 g/mol. The predicted octanol–water partition coefficient (Wildman–Crippen LogP) is 2.33. The van der Waals surface area contributed by atoms with Gasteiger partial charge in [-0.2, -0.15) is 5.10 Å². The Bertz CT molecular complexity index is 852. The molecule has 1 aromatic carbocycles. The average Bonchev–Trinajstić information content (AvgIpc) is 3.44. The van der Waals surface area contributed by atoms with Gasteiger partial charge in [-0.15, -0.1) is 0 Å². The fourth-order valence-electron chi connectivity index (χ4n) is 5.43. The van der Waals surface area contributed by atoms with Crippen molar-refractivity contribution in [1.29, 1.82) is 0 Å². The summed E-state index contributed by atoms with van der Waals surface area (Å²) >= 11 is 0. The number of hydrogen-bond acceptors (Lipinski definition) is 4. The molecule has 154 valence electrons. The first kappa shape index (κ1) is 18.8. The maximum absolute atomic E-state index is 14.0. The SMILES string of the molecule is O=C(Cn1cccn1)N1C[C@@H]2CN(C3CCOCC3)C[C@@H]2[C@H]1c1cccc(F)c1. The summed E-state index contributed by atoms with van der Waals surface area (Å²) in [4.78, 5) is 17.7. The number of aromatic nitrogens is 2. The lowest BCUT2D eigenvalue weighted by molar-refractivity contribution is -0.133. The Balaban J connectivity index is 1.39. The molecule has 0 N–H and O–H groups in total. The Morgan fingerprint density at radius 3 is 2.79 bits per heavy atom. The predicted molar refractivity (Wildman–Crippen MR) is 105 cm³/mol. The molecule has 0 bridgehead atoms. The van der Waals surface area contributed by atoms with Gasteiger partial charge < -0.3 is 9.64 Å². The summed E-state index contributed by atoms with van der Waals surface area (Å²) < 4.78 is 21.2. The Hall–Kier alpha value is -2.25. The summed E-state index contributed by atoms with van der Waals surface area (Å²) in [7, 11) is 0. The average molecular weight is 398 g/mol. The Morgan fingerprint density at radius 2 is 2.03 bits per heavy atom. The molecule has 0 saturated carbocycles. The number of fused-ring (bicyclic) bond motifs is 1. The first-order valence-corrected chi connectivity index (χ1v) is 10.5. The maximum atomic E-state index is 14.0. The van der Waals surface area contributed by atoms with Gasteiger partial charge in [0.1, 0.15) is 12.4 Å². The van der Waals surface area contributed by atoms with Crippen molar-refractivity contribution < 1.29 is 13.9 Å². The van der Waals surface area contributed by atoms with Crippen LogP contribution >= 0.6 is 0 Å². The molecule has 1 aromatic heterocycles. The molecule has 4 heterocycles. The Kier molecular flexibility index (Phi) is 5.09. The van der Waals surface area contributed by atoms with Crippen molar-refractivity contribution in [2.45, 2.75) is 31.5 Å². The number of carbonyl (C=O) groups is 1. The first-order chi connectivity index (χ1) is 14.2. The third-order valence-corrected chi connectivity index (χ3v) is 6.77. The van der Waals surface area contributed by atoms with E-state index in [1.165, 1.54) is 6.07 Å². The number of carbonyl (C=O) groups excluding carboxylic acids is 1. The largest absolute Gasteiger partial charge is 0.381 e. The van der Waals surface area contributed by atoms with E-state index in [0.29, 0.717) is 17.9 Å². The molecule has 0 radical (unpaired) electrons. The zero-order valence-corrected chi connectivity index (χ0v) is 16.5. The molecule has 7 heteroatoms. The topological polar surface area (TPSA) is 50.6 Å². The molecule has 0 aliphatic carbocycles. The van der Waals surface area contributed by atoms with Crippen LogP contribution < -0.4 is 0 Å². The standard InChI is InChI=1S/C22H27FN4O2/c23-18-4-1-3-16(11-18)22-20-14-25(19-5-9-29-10-6-19)12-17(20)13-27(22)21(28)15-26-8-2-7-24-26/h1-4,7-8,11,17,19-20,22H,5-6,9-10,12-15H2/t17-,20-,22+/m0/s1. The van der Waals surface area contributed by atoms with E-state index in [-0.39, 0.29) is 24.3 Å². The first-order valence-electron chi connectivity index (χ1n) is 10.5. The highest BCUT2D eigenvalue weighted by Crippen LogP contribution is 2.46. The quantitative estimate of drug-likeness (QED) is 0.793. The highest BCUT2D eigenvalue weighted by molar-refractivity contribution is 5.77. The summed E-state index contributed by atoms with van der Waals surface area (Å²) in [5, 5.41) is 4.17. The second-order valence-corrected chi connectivity index (χ2v) is 8.47. The summed E-state index contributed by atoms with van der Waals surface area (Å²) in [5.74, 6) is 0.564. The molecular formula is C22H27FN4O2. The van der Waals surface area contributed by atoms with Crippen LogP contribution in [0.1, 0.15) is 24.4 Å². The number of likely N-dealkylation sites (tertiary alicyclic amines) is 2. The zero-order chi connectivity index (χ0) is 19.8. The second kappa shape index (κ2) is 7.88. The van der Waals surface area contributed by atoms with Crippen molar-refractivity contribution >= 4 is 5.91 Å². The van der Waals surface area contributed by atoms with Crippen molar-refractivity contribution in [1.82, 2.24) is 19.6 Å². The smallest absolute Gasteiger partial charge is 0.244 e. The summed E-state index contributed by atoms with van der Waals surface area (Å²) in [6, 6.07) is 9.08. The van der Waals surface area contributed by atoms with E-state index in [9.17, 15) is 9.18 Å². The minimum absolute atomic E-state index is 0.0509. The van der Waals surface area contributed by atoms with Gasteiger partial charge >= 0.3 is 0 Å². The van der Waals surface area contributed by atoms with E-state index in [2.05, 4.69) is 10.00 Å². The van der Waals surface area contributed by atoms with Crippen molar-refractivity contribution in [3.05, 3.63) is 54.1 Å². The number of ether oxygens (including phenoxy) is 1. The van der Waals surface area contributed by atoms with Gasteiger partial charge in [0.15, 0.2) is 0 Å². The fourth-order valence-corrected chi connectivity index (χ4v) is 5.43. The maximum Gasteiger partial charge on any atom is 0.244 e. The molecule has 3 saturated heterocycles. The van der Waals surface area contributed by atoms with Crippen molar-refractivity contribution in [2.24, 2.45) is 11.8 Å². The highest BCUT2D eigenvalue weighted by atomic mass is 19.1. The van der Waals surface area contributed by atoms with Crippen LogP contribution in [0.2, 0.25) is 0 Å². The van der Waals surface area contributed by atoms with Gasteiger partial charge in [-0.25, -0.2) is 4.39 Å². The van der Waals surface area contributed by atoms with Crippen LogP contribution in [0.5, 0.6) is 0 Å². The van der Waals surface area contributed by atoms with Crippen LogP contribution in [0.3, 0.4) is 0 Å². The summed E-state index contributed by atoms with van der Waals surface area (Å²) in [5.41, 5.74) is 0.903. The number of rotatable bonds is 4. The van der Waals surface area contributed by atoms with Crippen LogP contribution in [-0.2, 0) is 16.1 Å². The number of halogens is 1. The summed E-state index contributed by atoms with van der Waals surface area (Å²) in [6.45, 7) is 4.58. The number of amides is 1. The zero-order valence-electron chi connectivity index (χ0n) is 16.5. The van der Waals surface area contributed by atoms with E-state index in [1.54, 1.807) is 29.2 Å². The number of nitrogens with zero attached hydrogens (tertiary/aromatic N) is 4. The van der Waals surface area contributed by atoms with Crippen LogP contribution in [0, 0.1) is 17.7 Å². The van der Waals surface area contributed by atoms with Gasteiger partial charge in [-0.05, 0) is 42.5 Å². The molecule has 29 heavy (non-hydrogen) atoms. The molecule has 0 spiro atoms. The van der Waals surface area contributed by atoms with E-state index in [4.69, 9.17) is 4.74 Å². The molecule has 0 unspecified atom stereocenters. The van der Waals surface area contributed by atoms with E-state index in [0.717, 1.165) is 51.3 Å². The third kappa shape index (κ3) is 3.69. The number of benzene rings is 1. The van der Waals surface area contributed by atoms with E-state index in [1.807, 2.05) is 17.0 Å². The second-order valence-electron chi connectivity index (χ2n) is 8.47. The van der Waals surface area contributed by atoms with Gasteiger partial charge in [0.05, 0.1) is 6.04 Å². The minimum Gasteiger partial charge on any atom is -0.381 e. The molecule has 3 atom stereocenters. The van der Waals surface area contributed by atoms with Crippen molar-refractivity contribution in [3.8, 4) is 0 Å². The molecule has 5 rings (SSSR count). The van der Waals surface area contributed by atoms with Crippen LogP contribution in [0.25, 0.3) is 0 Å². The highest BCUT2D eigenvalue weighted by Gasteiger charge is 2.50. The van der Waals surface area contributed by atoms with Crippen molar-refractivity contribution in [3.63, 3.8) is 0 Å². The minimum atomic E-state index is -0.246.